The zero-order valence-electron chi connectivity index (χ0n) is 19.3. The van der Waals surface area contributed by atoms with Gasteiger partial charge in [0.15, 0.2) is 5.60 Å². The molecule has 3 unspecified atom stereocenters. The number of ether oxygens (including phenoxy) is 1. The van der Waals surface area contributed by atoms with E-state index in [0.29, 0.717) is 25.2 Å². The van der Waals surface area contributed by atoms with Gasteiger partial charge in [-0.05, 0) is 81.9 Å². The molecule has 4 saturated carbocycles. The second-order valence-electron chi connectivity index (χ2n) is 10.6. The molecule has 0 spiro atoms. The van der Waals surface area contributed by atoms with Gasteiger partial charge in [0.1, 0.15) is 5.75 Å². The number of sulfonamides is 1. The lowest BCUT2D eigenvalue weighted by Gasteiger charge is -2.59. The fourth-order valence-electron chi connectivity index (χ4n) is 6.29. The number of benzene rings is 1. The Labute approximate surface area is 192 Å². The zero-order valence-corrected chi connectivity index (χ0v) is 20.1. The molecule has 1 N–H and O–H groups in total. The molecule has 0 aliphatic heterocycles. The summed E-state index contributed by atoms with van der Waals surface area (Å²) < 4.78 is 71.5. The third kappa shape index (κ3) is 4.24. The molecule has 184 valence electrons. The van der Waals surface area contributed by atoms with Crippen LogP contribution in [0, 0.1) is 17.8 Å². The molecule has 1 aromatic rings. The van der Waals surface area contributed by atoms with Gasteiger partial charge in [-0.1, -0.05) is 6.07 Å². The van der Waals surface area contributed by atoms with Crippen LogP contribution >= 0.6 is 0 Å². The van der Waals surface area contributed by atoms with Crippen LogP contribution in [0.5, 0.6) is 5.75 Å². The monoisotopic (exact) mass is 488 g/mol. The lowest BCUT2D eigenvalue weighted by Crippen LogP contribution is -2.66. The van der Waals surface area contributed by atoms with E-state index in [1.54, 1.807) is 14.1 Å². The number of nitrogens with zero attached hydrogens (tertiary/aromatic N) is 1. The average Bonchev–Trinajstić information content (AvgIpc) is 2.69. The van der Waals surface area contributed by atoms with Crippen LogP contribution in [-0.2, 0) is 21.0 Å². The molecular formula is C23H31F3N2O4S. The summed E-state index contributed by atoms with van der Waals surface area (Å²) in [6.07, 6.45) is -1.05. The van der Waals surface area contributed by atoms with Gasteiger partial charge in [-0.2, -0.15) is 13.2 Å². The topological polar surface area (TPSA) is 75.7 Å². The van der Waals surface area contributed by atoms with Crippen molar-refractivity contribution in [3.63, 3.8) is 0 Å². The van der Waals surface area contributed by atoms with E-state index in [2.05, 4.69) is 5.32 Å². The summed E-state index contributed by atoms with van der Waals surface area (Å²) in [7, 11) is -0.288. The summed E-state index contributed by atoms with van der Waals surface area (Å²) in [5.74, 6) is -0.00806. The van der Waals surface area contributed by atoms with Gasteiger partial charge in [0, 0.05) is 20.1 Å². The molecular weight excluding hydrogens is 457 g/mol. The van der Waals surface area contributed by atoms with Gasteiger partial charge in [0.2, 0.25) is 10.0 Å². The molecule has 5 atom stereocenters. The van der Waals surface area contributed by atoms with Crippen LogP contribution in [-0.4, -0.2) is 49.1 Å². The molecule has 5 rings (SSSR count). The molecule has 6 nitrogen and oxygen atoms in total. The highest BCUT2D eigenvalue weighted by atomic mass is 32.2. The smallest absolute Gasteiger partial charge is 0.416 e. The number of alkyl halides is 3. The van der Waals surface area contributed by atoms with Crippen molar-refractivity contribution in [2.45, 2.75) is 68.5 Å². The summed E-state index contributed by atoms with van der Waals surface area (Å²) in [6.45, 7) is 3.05. The highest BCUT2D eigenvalue weighted by Gasteiger charge is 2.61. The number of nitrogens with one attached hydrogen (secondary N) is 1. The molecule has 10 heteroatoms. The van der Waals surface area contributed by atoms with E-state index < -0.39 is 38.0 Å². The fourth-order valence-corrected chi connectivity index (χ4v) is 8.36. The van der Waals surface area contributed by atoms with Gasteiger partial charge in [-0.3, -0.25) is 4.79 Å². The number of carbonyl (C=O) groups is 1. The van der Waals surface area contributed by atoms with Crippen LogP contribution < -0.4 is 10.1 Å². The molecule has 33 heavy (non-hydrogen) atoms. The first kappa shape index (κ1) is 24.3. The molecule has 4 fully saturated rings. The average molecular weight is 489 g/mol. The van der Waals surface area contributed by atoms with Gasteiger partial charge in [0.05, 0.1) is 10.3 Å². The van der Waals surface area contributed by atoms with E-state index in [1.165, 1.54) is 30.3 Å². The zero-order chi connectivity index (χ0) is 24.4. The third-order valence-corrected chi connectivity index (χ3v) is 10.2. The number of halogens is 3. The summed E-state index contributed by atoms with van der Waals surface area (Å²) in [5.41, 5.74) is -2.24. The number of carbonyl (C=O) groups excluding carboxylic acids is 1. The van der Waals surface area contributed by atoms with Crippen molar-refractivity contribution in [1.82, 2.24) is 9.62 Å². The largest absolute Gasteiger partial charge is 0.478 e. The van der Waals surface area contributed by atoms with Crippen LogP contribution in [0.25, 0.3) is 0 Å². The molecule has 1 amide bonds. The Morgan fingerprint density at radius 1 is 1.12 bits per heavy atom. The van der Waals surface area contributed by atoms with E-state index in [1.807, 2.05) is 0 Å². The number of rotatable bonds is 6. The predicted octanol–water partition coefficient (Wildman–Crippen LogP) is 3.82. The summed E-state index contributed by atoms with van der Waals surface area (Å²) in [4.78, 5) is 13.1. The van der Waals surface area contributed by atoms with Gasteiger partial charge in [0.25, 0.3) is 5.91 Å². The standard InChI is InChI=1S/C23H31F3N2O4S/c1-21(2,32-18-7-5-6-17(10-18)23(24,25)26)20(29)27-19-15-8-14-9-16(19)13-22(11-14,12-15)33(30,31)28(3)4/h5-7,10,14-16,19H,8-9,11-13H2,1-4H3,(H,27,29)/t14?,15-,16+,19?,22?. The van der Waals surface area contributed by atoms with Gasteiger partial charge in [-0.15, -0.1) is 0 Å². The van der Waals surface area contributed by atoms with Crippen molar-refractivity contribution in [1.29, 1.82) is 0 Å². The second-order valence-corrected chi connectivity index (χ2v) is 13.1. The Morgan fingerprint density at radius 3 is 2.27 bits per heavy atom. The molecule has 0 radical (unpaired) electrons. The van der Waals surface area contributed by atoms with Crippen LogP contribution in [0.1, 0.15) is 51.5 Å². The fraction of sp³-hybridized carbons (Fsp3) is 0.696. The Morgan fingerprint density at radius 2 is 1.73 bits per heavy atom. The minimum Gasteiger partial charge on any atom is -0.478 e. The highest BCUT2D eigenvalue weighted by molar-refractivity contribution is 7.90. The minimum absolute atomic E-state index is 0.0360. The van der Waals surface area contributed by atoms with Crippen molar-refractivity contribution < 1.29 is 31.1 Å². The van der Waals surface area contributed by atoms with E-state index in [4.69, 9.17) is 4.74 Å². The van der Waals surface area contributed by atoms with Crippen molar-refractivity contribution in [2.24, 2.45) is 17.8 Å². The quantitative estimate of drug-likeness (QED) is 0.661. The predicted molar refractivity (Wildman–Crippen MR) is 117 cm³/mol. The van der Waals surface area contributed by atoms with Crippen LogP contribution in [0.15, 0.2) is 24.3 Å². The van der Waals surface area contributed by atoms with E-state index in [-0.39, 0.29) is 23.6 Å². The normalized spacial score (nSPS) is 31.6. The molecule has 0 heterocycles. The molecule has 4 aliphatic rings. The Kier molecular flexibility index (Phi) is 5.80. The lowest BCUT2D eigenvalue weighted by atomic mass is 9.53. The maximum atomic E-state index is 13.1. The highest BCUT2D eigenvalue weighted by Crippen LogP contribution is 2.59. The second kappa shape index (κ2) is 7.86. The number of hydrogen-bond donors (Lipinski definition) is 1. The molecule has 1 aromatic carbocycles. The first-order chi connectivity index (χ1) is 15.1. The van der Waals surface area contributed by atoms with Crippen LogP contribution in [0.3, 0.4) is 0 Å². The summed E-state index contributed by atoms with van der Waals surface area (Å²) >= 11 is 0. The van der Waals surface area contributed by atoms with E-state index >= 15 is 0 Å². The van der Waals surface area contributed by atoms with E-state index in [9.17, 15) is 26.4 Å². The third-order valence-electron chi connectivity index (χ3n) is 7.62. The van der Waals surface area contributed by atoms with Crippen molar-refractivity contribution >= 4 is 15.9 Å². The molecule has 4 aliphatic carbocycles. The summed E-state index contributed by atoms with van der Waals surface area (Å²) in [5, 5.41) is 3.07. The molecule has 0 aromatic heterocycles. The van der Waals surface area contributed by atoms with Gasteiger partial charge in [-0.25, -0.2) is 12.7 Å². The van der Waals surface area contributed by atoms with Crippen LogP contribution in [0.4, 0.5) is 13.2 Å². The number of hydrogen-bond acceptors (Lipinski definition) is 4. The van der Waals surface area contributed by atoms with Crippen molar-refractivity contribution in [3.05, 3.63) is 29.8 Å². The molecule has 4 bridgehead atoms. The van der Waals surface area contributed by atoms with Crippen molar-refractivity contribution in [3.8, 4) is 5.75 Å². The Bertz CT molecular complexity index is 1020. The van der Waals surface area contributed by atoms with Crippen LogP contribution in [0.2, 0.25) is 0 Å². The minimum atomic E-state index is -4.50. The lowest BCUT2D eigenvalue weighted by molar-refractivity contribution is -0.138. The van der Waals surface area contributed by atoms with Gasteiger partial charge >= 0.3 is 6.18 Å². The Balaban J connectivity index is 1.48. The molecule has 0 saturated heterocycles. The van der Waals surface area contributed by atoms with Crippen molar-refractivity contribution in [2.75, 3.05) is 14.1 Å². The Hall–Kier alpha value is -1.81. The first-order valence-corrected chi connectivity index (χ1v) is 12.7. The maximum Gasteiger partial charge on any atom is 0.416 e. The number of amides is 1. The van der Waals surface area contributed by atoms with E-state index in [0.717, 1.165) is 25.0 Å². The SMILES string of the molecule is CN(C)S(=O)(=O)C12CC3C[C@H](C1)C(NC(=O)C(C)(C)Oc1cccc(C(F)(F)F)c1)[C@@H](C3)C2. The first-order valence-electron chi connectivity index (χ1n) is 11.2. The maximum absolute atomic E-state index is 13.1. The summed E-state index contributed by atoms with van der Waals surface area (Å²) in [6, 6.07) is 4.31. The van der Waals surface area contributed by atoms with Gasteiger partial charge < -0.3 is 10.1 Å².